The molecule has 0 bridgehead atoms. The zero-order valence-corrected chi connectivity index (χ0v) is 14.6. The minimum Gasteiger partial charge on any atom is -0.475 e. The van der Waals surface area contributed by atoms with E-state index in [0.717, 1.165) is 17.0 Å². The molecule has 0 fully saturated rings. The van der Waals surface area contributed by atoms with Crippen LogP contribution in [0.15, 0.2) is 59.1 Å². The van der Waals surface area contributed by atoms with E-state index in [2.05, 4.69) is 14.7 Å². The Balaban J connectivity index is 1.72. The number of ether oxygens (including phenoxy) is 1. The van der Waals surface area contributed by atoms with Crippen molar-refractivity contribution < 1.29 is 17.5 Å². The highest BCUT2D eigenvalue weighted by molar-refractivity contribution is 7.92. The quantitative estimate of drug-likeness (QED) is 0.682. The Morgan fingerprint density at radius 2 is 1.88 bits per heavy atom. The van der Waals surface area contributed by atoms with Gasteiger partial charge in [-0.2, -0.15) is 0 Å². The van der Waals surface area contributed by atoms with Gasteiger partial charge in [-0.3, -0.25) is 4.72 Å². The molecule has 0 amide bonds. The molecule has 0 saturated heterocycles. The molecular formula is C16H14FN3O3S2. The van der Waals surface area contributed by atoms with Gasteiger partial charge in [-0.25, -0.2) is 22.8 Å². The molecular weight excluding hydrogens is 365 g/mol. The highest BCUT2D eigenvalue weighted by Crippen LogP contribution is 2.22. The Labute approximate surface area is 148 Å². The van der Waals surface area contributed by atoms with Crippen molar-refractivity contribution in [2.75, 3.05) is 11.3 Å². The first-order chi connectivity index (χ1) is 12.0. The summed E-state index contributed by atoms with van der Waals surface area (Å²) in [4.78, 5) is 9.07. The van der Waals surface area contributed by atoms with Crippen molar-refractivity contribution in [2.24, 2.45) is 0 Å². The molecule has 25 heavy (non-hydrogen) atoms. The first-order valence-corrected chi connectivity index (χ1v) is 9.65. The van der Waals surface area contributed by atoms with Crippen LogP contribution in [-0.4, -0.2) is 25.0 Å². The van der Waals surface area contributed by atoms with Crippen molar-refractivity contribution in [3.63, 3.8) is 0 Å². The summed E-state index contributed by atoms with van der Waals surface area (Å²) in [5.41, 5.74) is 0. The molecule has 2 aromatic heterocycles. The van der Waals surface area contributed by atoms with Gasteiger partial charge in [0.05, 0.1) is 11.5 Å². The van der Waals surface area contributed by atoms with Crippen LogP contribution in [0.1, 0.15) is 4.88 Å². The van der Waals surface area contributed by atoms with E-state index in [4.69, 9.17) is 4.74 Å². The summed E-state index contributed by atoms with van der Waals surface area (Å²) in [6, 6.07) is 8.43. The lowest BCUT2D eigenvalue weighted by molar-refractivity contribution is 0.311. The number of nitrogens with zero attached hydrogens (tertiary/aromatic N) is 2. The highest BCUT2D eigenvalue weighted by Gasteiger charge is 2.18. The topological polar surface area (TPSA) is 81.2 Å². The van der Waals surface area contributed by atoms with Crippen molar-refractivity contribution >= 4 is 27.2 Å². The van der Waals surface area contributed by atoms with Crippen LogP contribution in [-0.2, 0) is 16.4 Å². The van der Waals surface area contributed by atoms with E-state index in [1.54, 1.807) is 11.3 Å². The fourth-order valence-electron chi connectivity index (χ4n) is 2.00. The van der Waals surface area contributed by atoms with Gasteiger partial charge in [0.25, 0.3) is 15.9 Å². The number of anilines is 1. The van der Waals surface area contributed by atoms with Gasteiger partial charge < -0.3 is 4.74 Å². The molecule has 1 N–H and O–H groups in total. The van der Waals surface area contributed by atoms with Crippen molar-refractivity contribution in [1.29, 1.82) is 0 Å². The summed E-state index contributed by atoms with van der Waals surface area (Å²) in [6.07, 6.45) is 3.45. The number of rotatable bonds is 7. The molecule has 6 nitrogen and oxygen atoms in total. The van der Waals surface area contributed by atoms with Crippen molar-refractivity contribution in [2.45, 2.75) is 11.3 Å². The summed E-state index contributed by atoms with van der Waals surface area (Å²) in [5.74, 6) is -0.446. The Morgan fingerprint density at radius 3 is 2.60 bits per heavy atom. The van der Waals surface area contributed by atoms with Crippen LogP contribution in [0.5, 0.6) is 5.88 Å². The van der Waals surface area contributed by atoms with Gasteiger partial charge >= 0.3 is 0 Å². The second kappa shape index (κ2) is 7.58. The van der Waals surface area contributed by atoms with Gasteiger partial charge in [0.15, 0.2) is 0 Å². The monoisotopic (exact) mass is 379 g/mol. The third-order valence-electron chi connectivity index (χ3n) is 3.19. The fraction of sp³-hybridized carbons (Fsp3) is 0.125. The lowest BCUT2D eigenvalue weighted by atomic mass is 10.4. The zero-order valence-electron chi connectivity index (χ0n) is 12.9. The van der Waals surface area contributed by atoms with Gasteiger partial charge in [-0.05, 0) is 35.7 Å². The number of thiophene rings is 1. The number of hydrogen-bond acceptors (Lipinski definition) is 6. The van der Waals surface area contributed by atoms with Gasteiger partial charge in [0.1, 0.15) is 5.82 Å². The van der Waals surface area contributed by atoms with Crippen LogP contribution in [0.3, 0.4) is 0 Å². The van der Waals surface area contributed by atoms with Crippen LogP contribution in [0.25, 0.3) is 0 Å². The number of benzene rings is 1. The average Bonchev–Trinajstić information content (AvgIpc) is 3.10. The van der Waals surface area contributed by atoms with Crippen molar-refractivity contribution in [3.05, 3.63) is 64.9 Å². The van der Waals surface area contributed by atoms with E-state index in [-0.39, 0.29) is 16.6 Å². The summed E-state index contributed by atoms with van der Waals surface area (Å²) in [5, 5.41) is 1.97. The van der Waals surface area contributed by atoms with Crippen LogP contribution in [0, 0.1) is 5.82 Å². The van der Waals surface area contributed by atoms with Crippen molar-refractivity contribution in [1.82, 2.24) is 9.97 Å². The molecule has 0 unspecified atom stereocenters. The van der Waals surface area contributed by atoms with E-state index < -0.39 is 15.8 Å². The van der Waals surface area contributed by atoms with Crippen LogP contribution in [0.2, 0.25) is 0 Å². The molecule has 9 heteroatoms. The van der Waals surface area contributed by atoms with Crippen molar-refractivity contribution in [3.8, 4) is 5.88 Å². The summed E-state index contributed by atoms with van der Waals surface area (Å²) in [6.45, 7) is 0.338. The maximum absolute atomic E-state index is 13.0. The Bertz CT molecular complexity index is 930. The molecule has 3 aromatic rings. The third kappa shape index (κ3) is 4.52. The molecule has 0 aliphatic carbocycles. The number of nitrogens with one attached hydrogen (secondary N) is 1. The minimum atomic E-state index is -3.92. The highest BCUT2D eigenvalue weighted by atomic mass is 32.2. The first kappa shape index (κ1) is 17.3. The number of halogens is 1. The zero-order chi connectivity index (χ0) is 17.7. The lowest BCUT2D eigenvalue weighted by Gasteiger charge is -2.11. The summed E-state index contributed by atoms with van der Waals surface area (Å²) in [7, 11) is -3.92. The number of sulfonamides is 1. The largest absolute Gasteiger partial charge is 0.475 e. The molecule has 2 heterocycles. The van der Waals surface area contributed by atoms with Crippen LogP contribution in [0.4, 0.5) is 10.2 Å². The molecule has 0 aliphatic rings. The fourth-order valence-corrected chi connectivity index (χ4v) is 3.70. The predicted molar refractivity (Wildman–Crippen MR) is 92.8 cm³/mol. The summed E-state index contributed by atoms with van der Waals surface area (Å²) >= 11 is 1.61. The summed E-state index contributed by atoms with van der Waals surface area (Å²) < 4.78 is 45.6. The average molecular weight is 379 g/mol. The minimum absolute atomic E-state index is 0.0157. The Kier molecular flexibility index (Phi) is 5.25. The molecule has 3 rings (SSSR count). The van der Waals surface area contributed by atoms with Crippen LogP contribution < -0.4 is 9.46 Å². The Morgan fingerprint density at radius 1 is 1.12 bits per heavy atom. The first-order valence-electron chi connectivity index (χ1n) is 7.29. The SMILES string of the molecule is O=S(=O)(Nc1nccnc1OCCc1cccs1)c1ccc(F)cc1. The predicted octanol–water partition coefficient (Wildman–Crippen LogP) is 3.10. The molecule has 1 aromatic carbocycles. The maximum Gasteiger partial charge on any atom is 0.263 e. The molecule has 130 valence electrons. The van der Waals surface area contributed by atoms with Gasteiger partial charge in [-0.15, -0.1) is 11.3 Å². The normalized spacial score (nSPS) is 11.2. The molecule has 0 aliphatic heterocycles. The second-order valence-corrected chi connectivity index (χ2v) is 7.66. The molecule has 0 atom stereocenters. The van der Waals surface area contributed by atoms with E-state index >= 15 is 0 Å². The Hall–Kier alpha value is -2.52. The smallest absolute Gasteiger partial charge is 0.263 e. The van der Waals surface area contributed by atoms with E-state index in [1.165, 1.54) is 24.5 Å². The van der Waals surface area contributed by atoms with Crippen LogP contribution >= 0.6 is 11.3 Å². The van der Waals surface area contributed by atoms with Gasteiger partial charge in [0.2, 0.25) is 5.82 Å². The maximum atomic E-state index is 13.0. The number of aromatic nitrogens is 2. The van der Waals surface area contributed by atoms with E-state index in [0.29, 0.717) is 13.0 Å². The van der Waals surface area contributed by atoms with Gasteiger partial charge in [-0.1, -0.05) is 6.07 Å². The number of hydrogen-bond donors (Lipinski definition) is 1. The van der Waals surface area contributed by atoms with E-state index in [1.807, 2.05) is 17.5 Å². The third-order valence-corrected chi connectivity index (χ3v) is 5.48. The van der Waals surface area contributed by atoms with E-state index in [9.17, 15) is 12.8 Å². The second-order valence-electron chi connectivity index (χ2n) is 4.95. The molecule has 0 spiro atoms. The lowest BCUT2D eigenvalue weighted by Crippen LogP contribution is -2.16. The standard InChI is InChI=1S/C16H14FN3O3S2/c17-12-3-5-14(6-4-12)25(21,22)20-15-16(19-9-8-18-15)23-10-7-13-2-1-11-24-13/h1-6,8-9,11H,7,10H2,(H,18,20). The molecule has 0 saturated carbocycles. The van der Waals surface area contributed by atoms with Gasteiger partial charge in [0, 0.05) is 23.7 Å². The molecule has 0 radical (unpaired) electrons.